The van der Waals surface area contributed by atoms with E-state index < -0.39 is 11.4 Å². The molecule has 0 aliphatic heterocycles. The second-order valence-corrected chi connectivity index (χ2v) is 4.79. The van der Waals surface area contributed by atoms with Gasteiger partial charge < -0.3 is 15.7 Å². The minimum Gasteiger partial charge on any atom is -0.481 e. The Hall–Kier alpha value is -1.88. The number of aliphatic carboxylic acids is 1. The van der Waals surface area contributed by atoms with Crippen LogP contribution in [0.2, 0.25) is 0 Å². The van der Waals surface area contributed by atoms with E-state index in [1.54, 1.807) is 24.3 Å². The number of likely N-dealkylation sites (N-methyl/N-ethyl adjacent to an activating group) is 1. The molecule has 0 radical (unpaired) electrons. The minimum atomic E-state index is -0.767. The molecule has 0 aromatic heterocycles. The molecule has 1 aromatic carbocycles. The van der Waals surface area contributed by atoms with E-state index in [9.17, 15) is 14.7 Å². The summed E-state index contributed by atoms with van der Waals surface area (Å²) in [6.45, 7) is 2.95. The molecule has 0 heterocycles. The number of amides is 1. The van der Waals surface area contributed by atoms with E-state index in [4.69, 9.17) is 0 Å². The Kier molecular flexibility index (Phi) is 3.85. The number of carbonyl (C=O) groups is 2. The highest BCUT2D eigenvalue weighted by Gasteiger charge is 2.51. The van der Waals surface area contributed by atoms with Crippen LogP contribution in [0, 0.1) is 0 Å². The number of rotatable bonds is 6. The van der Waals surface area contributed by atoms with Crippen LogP contribution in [0.5, 0.6) is 0 Å². The number of hydrogen-bond donors (Lipinski definition) is 3. The number of carbonyl (C=O) groups excluding carboxylic acids is 1. The van der Waals surface area contributed by atoms with Gasteiger partial charge >= 0.3 is 5.97 Å². The molecule has 0 unspecified atom stereocenters. The Morgan fingerprint density at radius 1 is 1.26 bits per heavy atom. The number of hydrogen-bond acceptors (Lipinski definition) is 3. The smallest absolute Gasteiger partial charge is 0.314 e. The Bertz CT molecular complexity index is 478. The molecule has 19 heavy (non-hydrogen) atoms. The summed E-state index contributed by atoms with van der Waals surface area (Å²) in [5.41, 5.74) is 0.810. The van der Waals surface area contributed by atoms with E-state index >= 15 is 0 Å². The average Bonchev–Trinajstić information content (AvgIpc) is 3.19. The first-order valence-corrected chi connectivity index (χ1v) is 6.43. The van der Waals surface area contributed by atoms with E-state index in [1.807, 2.05) is 6.92 Å². The third-order valence-corrected chi connectivity index (χ3v) is 3.42. The summed E-state index contributed by atoms with van der Waals surface area (Å²) in [5.74, 6) is -0.870. The Balaban J connectivity index is 1.99. The summed E-state index contributed by atoms with van der Waals surface area (Å²) in [6.07, 6.45) is 1.38. The third-order valence-electron chi connectivity index (χ3n) is 3.42. The van der Waals surface area contributed by atoms with Gasteiger partial charge in [0.05, 0.1) is 12.0 Å². The predicted molar refractivity (Wildman–Crippen MR) is 72.2 cm³/mol. The second kappa shape index (κ2) is 5.40. The molecule has 0 spiro atoms. The standard InChI is InChI=1S/C14H18N2O3/c1-2-15-9-12(17)16-11-5-3-10(4-6-11)14(7-8-14)13(18)19/h3-6,15H,2,7-9H2,1H3,(H,16,17)(H,18,19). The zero-order valence-electron chi connectivity index (χ0n) is 10.9. The van der Waals surface area contributed by atoms with Crippen molar-refractivity contribution in [2.75, 3.05) is 18.4 Å². The van der Waals surface area contributed by atoms with Crippen molar-refractivity contribution in [1.29, 1.82) is 0 Å². The zero-order valence-corrected chi connectivity index (χ0v) is 10.9. The number of carboxylic acid groups (broad SMARTS) is 1. The van der Waals surface area contributed by atoms with E-state index in [1.165, 1.54) is 0 Å². The lowest BCUT2D eigenvalue weighted by Crippen LogP contribution is -2.27. The van der Waals surface area contributed by atoms with Crippen molar-refractivity contribution in [3.8, 4) is 0 Å². The molecule has 0 bridgehead atoms. The normalized spacial score (nSPS) is 15.8. The van der Waals surface area contributed by atoms with E-state index in [-0.39, 0.29) is 12.5 Å². The van der Waals surface area contributed by atoms with Crippen LogP contribution in [0.25, 0.3) is 0 Å². The lowest BCUT2D eigenvalue weighted by Gasteiger charge is -2.11. The molecule has 3 N–H and O–H groups in total. The second-order valence-electron chi connectivity index (χ2n) is 4.79. The molecule has 0 atom stereocenters. The summed E-state index contributed by atoms with van der Waals surface area (Å²) in [6, 6.07) is 7.07. The van der Waals surface area contributed by atoms with Crippen LogP contribution >= 0.6 is 0 Å². The maximum absolute atomic E-state index is 11.5. The van der Waals surface area contributed by atoms with Gasteiger partial charge in [-0.2, -0.15) is 0 Å². The van der Waals surface area contributed by atoms with Gasteiger partial charge in [-0.25, -0.2) is 0 Å². The Morgan fingerprint density at radius 3 is 2.37 bits per heavy atom. The van der Waals surface area contributed by atoms with Crippen molar-refractivity contribution in [2.45, 2.75) is 25.2 Å². The van der Waals surface area contributed by atoms with Crippen LogP contribution in [-0.4, -0.2) is 30.1 Å². The first-order chi connectivity index (χ1) is 9.08. The first kappa shape index (κ1) is 13.5. The van der Waals surface area contributed by atoms with Crippen molar-refractivity contribution in [3.05, 3.63) is 29.8 Å². The van der Waals surface area contributed by atoms with Crippen molar-refractivity contribution < 1.29 is 14.7 Å². The van der Waals surface area contributed by atoms with Crippen molar-refractivity contribution in [1.82, 2.24) is 5.32 Å². The van der Waals surface area contributed by atoms with Gasteiger partial charge in [-0.15, -0.1) is 0 Å². The highest BCUT2D eigenvalue weighted by Crippen LogP contribution is 2.48. The molecule has 0 saturated heterocycles. The molecular weight excluding hydrogens is 244 g/mol. The summed E-state index contributed by atoms with van der Waals surface area (Å²) >= 11 is 0. The van der Waals surface area contributed by atoms with Crippen LogP contribution < -0.4 is 10.6 Å². The number of carboxylic acids is 1. The minimum absolute atomic E-state index is 0.103. The van der Waals surface area contributed by atoms with Crippen LogP contribution in [-0.2, 0) is 15.0 Å². The third kappa shape index (κ3) is 2.93. The molecule has 1 amide bonds. The number of benzene rings is 1. The first-order valence-electron chi connectivity index (χ1n) is 6.43. The quantitative estimate of drug-likeness (QED) is 0.723. The van der Waals surface area contributed by atoms with Crippen LogP contribution in [0.1, 0.15) is 25.3 Å². The molecule has 1 saturated carbocycles. The van der Waals surface area contributed by atoms with Crippen molar-refractivity contribution in [3.63, 3.8) is 0 Å². The van der Waals surface area contributed by atoms with E-state index in [0.717, 1.165) is 12.1 Å². The Labute approximate surface area is 112 Å². The fraction of sp³-hybridized carbons (Fsp3) is 0.429. The van der Waals surface area contributed by atoms with Gasteiger partial charge in [-0.1, -0.05) is 19.1 Å². The molecule has 102 valence electrons. The van der Waals surface area contributed by atoms with Crippen molar-refractivity contribution in [2.24, 2.45) is 0 Å². The van der Waals surface area contributed by atoms with Gasteiger partial charge in [0.2, 0.25) is 5.91 Å². The zero-order chi connectivity index (χ0) is 13.9. The molecular formula is C14H18N2O3. The van der Waals surface area contributed by atoms with Crippen LogP contribution in [0.4, 0.5) is 5.69 Å². The lowest BCUT2D eigenvalue weighted by molar-refractivity contribution is -0.140. The number of nitrogens with one attached hydrogen (secondary N) is 2. The highest BCUT2D eigenvalue weighted by molar-refractivity contribution is 5.92. The number of anilines is 1. The summed E-state index contributed by atoms with van der Waals surface area (Å²) in [7, 11) is 0. The van der Waals surface area contributed by atoms with Gasteiger partial charge in [-0.05, 0) is 37.1 Å². The van der Waals surface area contributed by atoms with Crippen molar-refractivity contribution >= 4 is 17.6 Å². The molecule has 1 aromatic rings. The van der Waals surface area contributed by atoms with Crippen LogP contribution in [0.3, 0.4) is 0 Å². The molecule has 5 nitrogen and oxygen atoms in total. The molecule has 5 heteroatoms. The van der Waals surface area contributed by atoms with Gasteiger partial charge in [0.1, 0.15) is 0 Å². The fourth-order valence-electron chi connectivity index (χ4n) is 2.07. The lowest BCUT2D eigenvalue weighted by atomic mass is 9.96. The topological polar surface area (TPSA) is 78.4 Å². The van der Waals surface area contributed by atoms with Crippen LogP contribution in [0.15, 0.2) is 24.3 Å². The highest BCUT2D eigenvalue weighted by atomic mass is 16.4. The Morgan fingerprint density at radius 2 is 1.89 bits per heavy atom. The largest absolute Gasteiger partial charge is 0.481 e. The SMILES string of the molecule is CCNCC(=O)Nc1ccc(C2(C(=O)O)CC2)cc1. The summed E-state index contributed by atoms with van der Waals surface area (Å²) in [4.78, 5) is 22.7. The summed E-state index contributed by atoms with van der Waals surface area (Å²) < 4.78 is 0. The molecule has 2 rings (SSSR count). The molecule has 1 aliphatic rings. The van der Waals surface area contributed by atoms with Gasteiger partial charge in [0.15, 0.2) is 0 Å². The van der Waals surface area contributed by atoms with Gasteiger partial charge in [0, 0.05) is 5.69 Å². The van der Waals surface area contributed by atoms with Gasteiger partial charge in [0.25, 0.3) is 0 Å². The molecule has 1 aliphatic carbocycles. The monoisotopic (exact) mass is 262 g/mol. The fourth-order valence-corrected chi connectivity index (χ4v) is 2.07. The van der Waals surface area contributed by atoms with Gasteiger partial charge in [-0.3, -0.25) is 9.59 Å². The molecule has 1 fully saturated rings. The maximum Gasteiger partial charge on any atom is 0.314 e. The predicted octanol–water partition coefficient (Wildman–Crippen LogP) is 1.35. The maximum atomic E-state index is 11.5. The average molecular weight is 262 g/mol. The summed E-state index contributed by atoms with van der Waals surface area (Å²) in [5, 5.41) is 14.9. The van der Waals surface area contributed by atoms with E-state index in [2.05, 4.69) is 10.6 Å². The van der Waals surface area contributed by atoms with E-state index in [0.29, 0.717) is 18.5 Å².